The zero-order valence-corrected chi connectivity index (χ0v) is 11.1. The van der Waals surface area contributed by atoms with E-state index < -0.39 is 9.84 Å². The summed E-state index contributed by atoms with van der Waals surface area (Å²) in [4.78, 5) is 4.49. The topological polar surface area (TPSA) is 59.1 Å². The molecule has 6 heteroatoms. The van der Waals surface area contributed by atoms with Gasteiger partial charge >= 0.3 is 0 Å². The van der Waals surface area contributed by atoms with Gasteiger partial charge in [-0.2, -0.15) is 0 Å². The summed E-state index contributed by atoms with van der Waals surface area (Å²) >= 11 is 1.55. The monoisotopic (exact) mass is 260 g/mol. The largest absolute Gasteiger partial charge is 0.306 e. The van der Waals surface area contributed by atoms with Crippen molar-refractivity contribution in [2.75, 3.05) is 18.1 Å². The molecule has 1 aromatic rings. The van der Waals surface area contributed by atoms with Crippen LogP contribution in [0.25, 0.3) is 0 Å². The Morgan fingerprint density at radius 1 is 1.56 bits per heavy atom. The minimum Gasteiger partial charge on any atom is -0.306 e. The van der Waals surface area contributed by atoms with Gasteiger partial charge in [-0.1, -0.05) is 13.8 Å². The zero-order chi connectivity index (χ0) is 11.8. The summed E-state index contributed by atoms with van der Waals surface area (Å²) in [5.41, 5.74) is 1.05. The Bertz CT molecular complexity index is 465. The lowest BCUT2D eigenvalue weighted by Gasteiger charge is -2.21. The van der Waals surface area contributed by atoms with Crippen LogP contribution in [0.1, 0.15) is 36.5 Å². The molecule has 1 fully saturated rings. The van der Waals surface area contributed by atoms with Crippen molar-refractivity contribution in [3.63, 3.8) is 0 Å². The van der Waals surface area contributed by atoms with Crippen LogP contribution in [-0.2, 0) is 9.84 Å². The van der Waals surface area contributed by atoms with Crippen LogP contribution in [0.4, 0.5) is 0 Å². The molecule has 1 aliphatic rings. The van der Waals surface area contributed by atoms with Crippen LogP contribution in [0.5, 0.6) is 0 Å². The molecule has 16 heavy (non-hydrogen) atoms. The van der Waals surface area contributed by atoms with E-state index in [4.69, 9.17) is 0 Å². The lowest BCUT2D eigenvalue weighted by Crippen LogP contribution is -2.39. The van der Waals surface area contributed by atoms with Crippen molar-refractivity contribution in [1.82, 2.24) is 10.3 Å². The average Bonchev–Trinajstić information content (AvgIpc) is 2.64. The molecule has 1 atom stereocenters. The molecule has 0 saturated carbocycles. The summed E-state index contributed by atoms with van der Waals surface area (Å²) in [6, 6.07) is -0.115. The van der Waals surface area contributed by atoms with E-state index in [0.717, 1.165) is 10.7 Å². The Kier molecular flexibility index (Phi) is 3.32. The Labute approximate surface area is 100 Å². The molecular formula is C10H16N2O2S2. The molecule has 4 nitrogen and oxygen atoms in total. The minimum atomic E-state index is -2.89. The number of sulfone groups is 1. The van der Waals surface area contributed by atoms with E-state index in [2.05, 4.69) is 24.1 Å². The van der Waals surface area contributed by atoms with Crippen LogP contribution >= 0.6 is 11.3 Å². The van der Waals surface area contributed by atoms with E-state index in [-0.39, 0.29) is 17.5 Å². The summed E-state index contributed by atoms with van der Waals surface area (Å²) in [7, 11) is -2.89. The fourth-order valence-electron chi connectivity index (χ4n) is 1.67. The van der Waals surface area contributed by atoms with Gasteiger partial charge < -0.3 is 5.32 Å². The van der Waals surface area contributed by atoms with Crippen LogP contribution < -0.4 is 5.32 Å². The van der Waals surface area contributed by atoms with E-state index in [0.29, 0.717) is 12.5 Å². The highest BCUT2D eigenvalue weighted by Crippen LogP contribution is 2.25. The molecule has 0 bridgehead atoms. The van der Waals surface area contributed by atoms with Gasteiger partial charge in [0.15, 0.2) is 9.84 Å². The van der Waals surface area contributed by atoms with E-state index in [1.165, 1.54) is 0 Å². The van der Waals surface area contributed by atoms with Crippen LogP contribution in [-0.4, -0.2) is 31.5 Å². The predicted octanol–water partition coefficient (Wildman–Crippen LogP) is 1.33. The van der Waals surface area contributed by atoms with Crippen molar-refractivity contribution in [3.05, 3.63) is 16.1 Å². The lowest BCUT2D eigenvalue weighted by atomic mass is 10.2. The molecular weight excluding hydrogens is 244 g/mol. The van der Waals surface area contributed by atoms with Gasteiger partial charge in [-0.25, -0.2) is 13.4 Å². The third-order valence-corrected chi connectivity index (χ3v) is 5.30. The fourth-order valence-corrected chi connectivity index (χ4v) is 4.21. The molecule has 0 radical (unpaired) electrons. The summed E-state index contributed by atoms with van der Waals surface area (Å²) < 4.78 is 23.0. The van der Waals surface area contributed by atoms with Crippen molar-refractivity contribution in [2.24, 2.45) is 0 Å². The summed E-state index contributed by atoms with van der Waals surface area (Å²) in [5, 5.41) is 6.12. The van der Waals surface area contributed by atoms with Gasteiger partial charge in [0.1, 0.15) is 5.01 Å². The van der Waals surface area contributed by atoms with Crippen molar-refractivity contribution >= 4 is 21.2 Å². The summed E-state index contributed by atoms with van der Waals surface area (Å²) in [6.07, 6.45) is 0. The van der Waals surface area contributed by atoms with Gasteiger partial charge in [-0.05, 0) is 5.92 Å². The van der Waals surface area contributed by atoms with Crippen molar-refractivity contribution in [2.45, 2.75) is 25.8 Å². The van der Waals surface area contributed by atoms with Gasteiger partial charge in [0.25, 0.3) is 0 Å². The smallest absolute Gasteiger partial charge is 0.153 e. The first-order valence-electron chi connectivity index (χ1n) is 5.37. The van der Waals surface area contributed by atoms with Crippen LogP contribution in [0.2, 0.25) is 0 Å². The predicted molar refractivity (Wildman–Crippen MR) is 65.6 cm³/mol. The second-order valence-corrected chi connectivity index (χ2v) is 7.50. The maximum atomic E-state index is 11.5. The average molecular weight is 260 g/mol. The molecule has 0 amide bonds. The molecule has 1 N–H and O–H groups in total. The number of nitrogens with zero attached hydrogens (tertiary/aromatic N) is 1. The Balaban J connectivity index is 2.17. The first kappa shape index (κ1) is 12.0. The van der Waals surface area contributed by atoms with Crippen LogP contribution in [0.3, 0.4) is 0 Å². The number of hydrogen-bond donors (Lipinski definition) is 1. The number of nitrogens with one attached hydrogen (secondary N) is 1. The van der Waals surface area contributed by atoms with Gasteiger partial charge in [0.2, 0.25) is 0 Å². The molecule has 1 saturated heterocycles. The molecule has 0 aliphatic carbocycles. The summed E-state index contributed by atoms with van der Waals surface area (Å²) in [5.74, 6) is 0.814. The molecule has 1 unspecified atom stereocenters. The zero-order valence-electron chi connectivity index (χ0n) is 9.43. The van der Waals surface area contributed by atoms with Gasteiger partial charge in [-0.15, -0.1) is 11.3 Å². The number of aromatic nitrogens is 1. The van der Waals surface area contributed by atoms with Crippen molar-refractivity contribution < 1.29 is 8.42 Å². The van der Waals surface area contributed by atoms with Gasteiger partial charge in [0, 0.05) is 11.9 Å². The first-order chi connectivity index (χ1) is 7.48. The molecule has 90 valence electrons. The van der Waals surface area contributed by atoms with E-state index >= 15 is 0 Å². The highest BCUT2D eigenvalue weighted by molar-refractivity contribution is 7.91. The van der Waals surface area contributed by atoms with Crippen molar-refractivity contribution in [3.8, 4) is 0 Å². The molecule has 0 aromatic carbocycles. The SMILES string of the molecule is CC(C)c1csc(C2CS(=O)(=O)CCN2)n1. The molecule has 0 spiro atoms. The maximum absolute atomic E-state index is 11.5. The third-order valence-electron chi connectivity index (χ3n) is 2.65. The summed E-state index contributed by atoms with van der Waals surface area (Å²) in [6.45, 7) is 4.71. The second-order valence-electron chi connectivity index (χ2n) is 4.39. The highest BCUT2D eigenvalue weighted by Gasteiger charge is 2.27. The molecule has 2 heterocycles. The Hall–Kier alpha value is -0.460. The quantitative estimate of drug-likeness (QED) is 0.871. The molecule has 1 aliphatic heterocycles. The normalized spacial score (nSPS) is 24.8. The van der Waals surface area contributed by atoms with E-state index in [1.54, 1.807) is 11.3 Å². The van der Waals surface area contributed by atoms with E-state index in [1.807, 2.05) is 5.38 Å². The maximum Gasteiger partial charge on any atom is 0.153 e. The Morgan fingerprint density at radius 3 is 2.88 bits per heavy atom. The van der Waals surface area contributed by atoms with Gasteiger partial charge in [-0.3, -0.25) is 0 Å². The van der Waals surface area contributed by atoms with Crippen LogP contribution in [0.15, 0.2) is 5.38 Å². The number of hydrogen-bond acceptors (Lipinski definition) is 5. The fraction of sp³-hybridized carbons (Fsp3) is 0.700. The molecule has 2 rings (SSSR count). The third kappa shape index (κ3) is 2.61. The van der Waals surface area contributed by atoms with Crippen molar-refractivity contribution in [1.29, 1.82) is 0 Å². The second kappa shape index (κ2) is 4.43. The van der Waals surface area contributed by atoms with E-state index in [9.17, 15) is 8.42 Å². The molecule has 1 aromatic heterocycles. The number of thiazole rings is 1. The number of rotatable bonds is 2. The Morgan fingerprint density at radius 2 is 2.31 bits per heavy atom. The van der Waals surface area contributed by atoms with Crippen LogP contribution in [0, 0.1) is 0 Å². The minimum absolute atomic E-state index is 0.115. The first-order valence-corrected chi connectivity index (χ1v) is 8.07. The van der Waals surface area contributed by atoms with Gasteiger partial charge in [0.05, 0.1) is 23.2 Å². The standard InChI is InChI=1S/C10H16N2O2S2/c1-7(2)8-5-15-10(12-8)9-6-16(13,14)4-3-11-9/h5,7,9,11H,3-4,6H2,1-2H3. The lowest BCUT2D eigenvalue weighted by molar-refractivity contribution is 0.528. The highest BCUT2D eigenvalue weighted by atomic mass is 32.2.